The molecule has 0 aliphatic carbocycles. The van der Waals surface area contributed by atoms with Crippen LogP contribution in [0.1, 0.15) is 68.0 Å². The second kappa shape index (κ2) is 12.5. The zero-order valence-electron chi connectivity index (χ0n) is 23.2. The highest BCUT2D eigenvalue weighted by molar-refractivity contribution is 6.35. The molecule has 2 heterocycles. The van der Waals surface area contributed by atoms with Gasteiger partial charge >= 0.3 is 0 Å². The maximum atomic E-state index is 6.65. The molecule has 0 N–H and O–H groups in total. The minimum absolute atomic E-state index is 0.131. The van der Waals surface area contributed by atoms with Crippen LogP contribution < -0.4 is 23.7 Å². The quantitative estimate of drug-likeness (QED) is 0.211. The molecular formula is C31H34Cl2N2O5. The molecule has 0 saturated carbocycles. The molecule has 0 bridgehead atoms. The van der Waals surface area contributed by atoms with E-state index in [-0.39, 0.29) is 6.04 Å². The Balaban J connectivity index is 1.50. The monoisotopic (exact) mass is 584 g/mol. The van der Waals surface area contributed by atoms with Crippen molar-refractivity contribution in [3.63, 3.8) is 0 Å². The summed E-state index contributed by atoms with van der Waals surface area (Å²) in [6.07, 6.45) is 4.64. The van der Waals surface area contributed by atoms with Crippen molar-refractivity contribution in [3.8, 4) is 28.7 Å². The molecule has 3 aromatic rings. The van der Waals surface area contributed by atoms with Crippen molar-refractivity contribution in [1.82, 2.24) is 5.01 Å². The molecule has 9 heteroatoms. The van der Waals surface area contributed by atoms with Crippen molar-refractivity contribution in [2.24, 2.45) is 5.10 Å². The summed E-state index contributed by atoms with van der Waals surface area (Å²) in [5.74, 6) is 3.26. The highest BCUT2D eigenvalue weighted by atomic mass is 35.5. The predicted octanol–water partition coefficient (Wildman–Crippen LogP) is 8.22. The fraction of sp³-hybridized carbons (Fsp3) is 0.387. The summed E-state index contributed by atoms with van der Waals surface area (Å²) in [5.41, 5.74) is 3.59. The van der Waals surface area contributed by atoms with E-state index in [9.17, 15) is 0 Å². The molecule has 212 valence electrons. The van der Waals surface area contributed by atoms with Crippen molar-refractivity contribution < 1.29 is 23.7 Å². The average Bonchev–Trinajstić information content (AvgIpc) is 3.42. The lowest BCUT2D eigenvalue weighted by Crippen LogP contribution is -2.33. The number of ether oxygens (including phenoxy) is 5. The summed E-state index contributed by atoms with van der Waals surface area (Å²) >= 11 is 13.1. The number of benzene rings is 3. The molecule has 0 spiro atoms. The Labute approximate surface area is 245 Å². The standard InChI is InChI=1S/C31H34Cl2N2O5/c1-5-6-7-8-13-39-27-12-10-20(15-29(27)38-4)31-35-25(22-16-21(32)17-23(33)30(22)40-31)18-24(34-35)19-9-11-26(36-2)28(14-19)37-3/h9-12,14-17,25,31H,5-8,13,18H2,1-4H3/t25-,31+/m1/s1. The SMILES string of the molecule is CCCCCCOc1ccc([C@@H]2Oc3c(Cl)cc(Cl)cc3[C@H]3CC(c4ccc(OC)c(OC)c4)=NN32)cc1OC. The molecule has 3 aromatic carbocycles. The third-order valence-corrected chi connectivity index (χ3v) is 7.75. The molecule has 2 aliphatic rings. The van der Waals surface area contributed by atoms with Gasteiger partial charge in [0.25, 0.3) is 0 Å². The van der Waals surface area contributed by atoms with Gasteiger partial charge in [-0.25, -0.2) is 5.01 Å². The summed E-state index contributed by atoms with van der Waals surface area (Å²) in [5, 5.41) is 8.04. The molecular weight excluding hydrogens is 551 g/mol. The summed E-state index contributed by atoms with van der Waals surface area (Å²) < 4.78 is 29.2. The van der Waals surface area contributed by atoms with Gasteiger partial charge in [0.15, 0.2) is 23.0 Å². The van der Waals surface area contributed by atoms with Crippen molar-refractivity contribution in [3.05, 3.63) is 75.3 Å². The normalized spacial score (nSPS) is 17.4. The van der Waals surface area contributed by atoms with E-state index in [1.165, 1.54) is 12.8 Å². The number of nitrogens with zero attached hydrogens (tertiary/aromatic N) is 2. The Bertz CT molecular complexity index is 1400. The number of fused-ring (bicyclic) bond motifs is 3. The molecule has 0 unspecified atom stereocenters. The smallest absolute Gasteiger partial charge is 0.214 e. The summed E-state index contributed by atoms with van der Waals surface area (Å²) in [6.45, 7) is 2.84. The number of hydrogen-bond donors (Lipinski definition) is 0. The number of hydrogen-bond acceptors (Lipinski definition) is 7. The summed E-state index contributed by atoms with van der Waals surface area (Å²) in [6, 6.07) is 15.1. The number of rotatable bonds is 11. The number of halogens is 2. The highest BCUT2D eigenvalue weighted by Crippen LogP contribution is 2.51. The Kier molecular flexibility index (Phi) is 8.81. The predicted molar refractivity (Wildman–Crippen MR) is 158 cm³/mol. The Hall–Kier alpha value is -3.29. The fourth-order valence-corrected chi connectivity index (χ4v) is 5.75. The van der Waals surface area contributed by atoms with E-state index in [0.29, 0.717) is 51.8 Å². The molecule has 0 fully saturated rings. The van der Waals surface area contributed by atoms with Crippen LogP contribution in [0.5, 0.6) is 28.7 Å². The second-order valence-electron chi connectivity index (χ2n) is 9.81. The van der Waals surface area contributed by atoms with Gasteiger partial charge < -0.3 is 23.7 Å². The third-order valence-electron chi connectivity index (χ3n) is 7.25. The second-order valence-corrected chi connectivity index (χ2v) is 10.7. The number of methoxy groups -OCH3 is 3. The zero-order chi connectivity index (χ0) is 28.2. The molecule has 0 radical (unpaired) electrons. The van der Waals surface area contributed by atoms with E-state index >= 15 is 0 Å². The number of unbranched alkanes of at least 4 members (excludes halogenated alkanes) is 3. The van der Waals surface area contributed by atoms with E-state index in [1.807, 2.05) is 47.5 Å². The van der Waals surface area contributed by atoms with Crippen LogP contribution >= 0.6 is 23.2 Å². The van der Waals surface area contributed by atoms with E-state index in [4.69, 9.17) is 52.0 Å². The first-order valence-electron chi connectivity index (χ1n) is 13.5. The van der Waals surface area contributed by atoms with Gasteiger partial charge in [-0.2, -0.15) is 5.10 Å². The first-order valence-corrected chi connectivity index (χ1v) is 14.3. The van der Waals surface area contributed by atoms with E-state index in [0.717, 1.165) is 35.2 Å². The first-order chi connectivity index (χ1) is 19.5. The van der Waals surface area contributed by atoms with Crippen molar-refractivity contribution in [2.75, 3.05) is 27.9 Å². The van der Waals surface area contributed by atoms with Gasteiger partial charge in [0, 0.05) is 28.1 Å². The van der Waals surface area contributed by atoms with Crippen molar-refractivity contribution in [2.45, 2.75) is 51.3 Å². The Morgan fingerprint density at radius 2 is 1.62 bits per heavy atom. The number of hydrazone groups is 1. The fourth-order valence-electron chi connectivity index (χ4n) is 5.19. The van der Waals surface area contributed by atoms with E-state index in [2.05, 4.69) is 6.92 Å². The van der Waals surface area contributed by atoms with Gasteiger partial charge in [0.05, 0.1) is 44.7 Å². The molecule has 0 saturated heterocycles. The van der Waals surface area contributed by atoms with Crippen LogP contribution in [0.2, 0.25) is 10.0 Å². The average molecular weight is 586 g/mol. The van der Waals surface area contributed by atoms with Gasteiger partial charge in [0.1, 0.15) is 5.75 Å². The molecule has 0 aromatic heterocycles. The lowest BCUT2D eigenvalue weighted by molar-refractivity contribution is -0.0190. The van der Waals surface area contributed by atoms with Crippen LogP contribution in [-0.4, -0.2) is 38.7 Å². The van der Waals surface area contributed by atoms with Gasteiger partial charge in [-0.15, -0.1) is 0 Å². The van der Waals surface area contributed by atoms with Gasteiger partial charge in [0.2, 0.25) is 6.23 Å². The highest BCUT2D eigenvalue weighted by Gasteiger charge is 2.42. The summed E-state index contributed by atoms with van der Waals surface area (Å²) in [7, 11) is 4.89. The van der Waals surface area contributed by atoms with Crippen LogP contribution in [-0.2, 0) is 0 Å². The van der Waals surface area contributed by atoms with Gasteiger partial charge in [-0.3, -0.25) is 0 Å². The third kappa shape index (κ3) is 5.63. The molecule has 2 aliphatic heterocycles. The largest absolute Gasteiger partial charge is 0.493 e. The maximum absolute atomic E-state index is 6.65. The molecule has 5 rings (SSSR count). The van der Waals surface area contributed by atoms with Crippen LogP contribution in [0.3, 0.4) is 0 Å². The van der Waals surface area contributed by atoms with E-state index < -0.39 is 6.23 Å². The van der Waals surface area contributed by atoms with Crippen molar-refractivity contribution >= 4 is 28.9 Å². The first kappa shape index (κ1) is 28.2. The lowest BCUT2D eigenvalue weighted by atomic mass is 9.95. The Morgan fingerprint density at radius 1 is 0.875 bits per heavy atom. The van der Waals surface area contributed by atoms with Gasteiger partial charge in [-0.05, 0) is 55.0 Å². The molecule has 0 amide bonds. The molecule has 40 heavy (non-hydrogen) atoms. The molecule has 7 nitrogen and oxygen atoms in total. The zero-order valence-corrected chi connectivity index (χ0v) is 24.7. The Morgan fingerprint density at radius 3 is 2.38 bits per heavy atom. The molecule has 2 atom stereocenters. The van der Waals surface area contributed by atoms with Crippen LogP contribution in [0.15, 0.2) is 53.6 Å². The minimum Gasteiger partial charge on any atom is -0.493 e. The van der Waals surface area contributed by atoms with Crippen LogP contribution in [0, 0.1) is 0 Å². The topological polar surface area (TPSA) is 61.8 Å². The summed E-state index contributed by atoms with van der Waals surface area (Å²) in [4.78, 5) is 0. The van der Waals surface area contributed by atoms with Crippen LogP contribution in [0.4, 0.5) is 0 Å². The minimum atomic E-state index is -0.540. The maximum Gasteiger partial charge on any atom is 0.214 e. The lowest BCUT2D eigenvalue weighted by Gasteiger charge is -2.38. The van der Waals surface area contributed by atoms with Crippen molar-refractivity contribution in [1.29, 1.82) is 0 Å². The van der Waals surface area contributed by atoms with Gasteiger partial charge in [-0.1, -0.05) is 49.4 Å². The van der Waals surface area contributed by atoms with E-state index in [1.54, 1.807) is 27.4 Å². The van der Waals surface area contributed by atoms with Crippen LogP contribution in [0.25, 0.3) is 0 Å².